The molecule has 3 aromatic rings. The molecule has 3 rings (SSSR count). The molecule has 0 saturated heterocycles. The Bertz CT molecular complexity index is 902. The van der Waals surface area contributed by atoms with E-state index in [2.05, 4.69) is 5.32 Å². The molecule has 0 fully saturated rings. The number of benzene rings is 3. The quantitative estimate of drug-likeness (QED) is 0.698. The minimum atomic E-state index is -0.137. The van der Waals surface area contributed by atoms with Crippen LogP contribution >= 0.6 is 0 Å². The van der Waals surface area contributed by atoms with Gasteiger partial charge in [0.05, 0.1) is 5.56 Å². The van der Waals surface area contributed by atoms with Crippen molar-refractivity contribution in [2.24, 2.45) is 0 Å². The van der Waals surface area contributed by atoms with E-state index < -0.39 is 0 Å². The Hall–Kier alpha value is -3.27. The molecule has 0 spiro atoms. The van der Waals surface area contributed by atoms with Crippen LogP contribution in [0.3, 0.4) is 0 Å². The van der Waals surface area contributed by atoms with Gasteiger partial charge in [0.15, 0.2) is 0 Å². The average molecular weight is 346 g/mol. The lowest BCUT2D eigenvalue weighted by molar-refractivity contribution is 0.102. The van der Waals surface area contributed by atoms with Crippen LogP contribution in [0.5, 0.6) is 11.5 Å². The van der Waals surface area contributed by atoms with Gasteiger partial charge < -0.3 is 15.0 Å². The van der Waals surface area contributed by atoms with E-state index in [1.807, 2.05) is 98.7 Å². The summed E-state index contributed by atoms with van der Waals surface area (Å²) in [6.07, 6.45) is 0. The third-order valence-corrected chi connectivity index (χ3v) is 4.06. The summed E-state index contributed by atoms with van der Waals surface area (Å²) in [5.74, 6) is 1.41. The van der Waals surface area contributed by atoms with Gasteiger partial charge in [-0.25, -0.2) is 0 Å². The first-order valence-electron chi connectivity index (χ1n) is 8.46. The summed E-state index contributed by atoms with van der Waals surface area (Å²) in [6.45, 7) is 2.01. The molecule has 0 saturated carbocycles. The second-order valence-corrected chi connectivity index (χ2v) is 6.26. The zero-order valence-corrected chi connectivity index (χ0v) is 15.2. The molecule has 4 nitrogen and oxygen atoms in total. The molecule has 4 heteroatoms. The first-order chi connectivity index (χ1) is 12.5. The van der Waals surface area contributed by atoms with E-state index >= 15 is 0 Å². The molecular weight excluding hydrogens is 324 g/mol. The summed E-state index contributed by atoms with van der Waals surface area (Å²) in [4.78, 5) is 14.5. The zero-order chi connectivity index (χ0) is 18.5. The molecule has 0 aliphatic heterocycles. The molecule has 3 aromatic carbocycles. The second-order valence-electron chi connectivity index (χ2n) is 6.26. The highest BCUT2D eigenvalue weighted by Crippen LogP contribution is 2.26. The topological polar surface area (TPSA) is 41.6 Å². The number of carbonyl (C=O) groups is 1. The number of nitrogens with one attached hydrogen (secondary N) is 1. The van der Waals surface area contributed by atoms with Crippen molar-refractivity contribution >= 4 is 17.3 Å². The first kappa shape index (κ1) is 17.5. The Morgan fingerprint density at radius 3 is 2.23 bits per heavy atom. The van der Waals surface area contributed by atoms with Crippen LogP contribution in [0.2, 0.25) is 0 Å². The van der Waals surface area contributed by atoms with E-state index in [-0.39, 0.29) is 5.91 Å². The van der Waals surface area contributed by atoms with Gasteiger partial charge in [0.2, 0.25) is 0 Å². The van der Waals surface area contributed by atoms with Crippen molar-refractivity contribution in [3.63, 3.8) is 0 Å². The van der Waals surface area contributed by atoms with Gasteiger partial charge in [-0.3, -0.25) is 4.79 Å². The van der Waals surface area contributed by atoms with E-state index in [0.29, 0.717) is 5.56 Å². The molecule has 0 unspecified atom stereocenters. The first-order valence-corrected chi connectivity index (χ1v) is 8.46. The monoisotopic (exact) mass is 346 g/mol. The average Bonchev–Trinajstić information content (AvgIpc) is 2.65. The summed E-state index contributed by atoms with van der Waals surface area (Å²) >= 11 is 0. The van der Waals surface area contributed by atoms with Crippen LogP contribution in [0.25, 0.3) is 0 Å². The van der Waals surface area contributed by atoms with Gasteiger partial charge >= 0.3 is 0 Å². The number of anilines is 2. The highest BCUT2D eigenvalue weighted by Gasteiger charge is 2.12. The summed E-state index contributed by atoms with van der Waals surface area (Å²) < 4.78 is 5.88. The van der Waals surface area contributed by atoms with Crippen LogP contribution < -0.4 is 15.0 Å². The molecular formula is C22H22N2O2. The summed E-state index contributed by atoms with van der Waals surface area (Å²) in [5.41, 5.74) is 3.31. The number of para-hydroxylation sites is 2. The predicted molar refractivity (Wildman–Crippen MR) is 106 cm³/mol. The van der Waals surface area contributed by atoms with Crippen LogP contribution in [-0.2, 0) is 0 Å². The Balaban J connectivity index is 1.72. The minimum Gasteiger partial charge on any atom is -0.457 e. The SMILES string of the molecule is Cc1ccccc1Oc1ccc(NC(=O)c2ccccc2N(C)C)cc1. The van der Waals surface area contributed by atoms with Gasteiger partial charge in [-0.05, 0) is 55.0 Å². The molecule has 0 aliphatic carbocycles. The maximum Gasteiger partial charge on any atom is 0.257 e. The van der Waals surface area contributed by atoms with Crippen molar-refractivity contribution in [2.75, 3.05) is 24.3 Å². The summed E-state index contributed by atoms with van der Waals surface area (Å²) in [6, 6.07) is 22.8. The summed E-state index contributed by atoms with van der Waals surface area (Å²) in [7, 11) is 3.84. The number of hydrogen-bond acceptors (Lipinski definition) is 3. The number of nitrogens with zero attached hydrogens (tertiary/aromatic N) is 1. The van der Waals surface area contributed by atoms with E-state index in [4.69, 9.17) is 4.74 Å². The highest BCUT2D eigenvalue weighted by molar-refractivity contribution is 6.08. The van der Waals surface area contributed by atoms with Gasteiger partial charge in [-0.2, -0.15) is 0 Å². The third kappa shape index (κ3) is 4.03. The molecule has 0 aliphatic rings. The van der Waals surface area contributed by atoms with Crippen LogP contribution in [-0.4, -0.2) is 20.0 Å². The Labute approximate surface area is 154 Å². The molecule has 0 bridgehead atoms. The van der Waals surface area contributed by atoms with E-state index in [9.17, 15) is 4.79 Å². The number of hydrogen-bond donors (Lipinski definition) is 1. The fourth-order valence-corrected chi connectivity index (χ4v) is 2.66. The smallest absolute Gasteiger partial charge is 0.257 e. The lowest BCUT2D eigenvalue weighted by atomic mass is 10.1. The normalized spacial score (nSPS) is 10.3. The highest BCUT2D eigenvalue weighted by atomic mass is 16.5. The van der Waals surface area contributed by atoms with Crippen molar-refractivity contribution in [2.45, 2.75) is 6.92 Å². The van der Waals surface area contributed by atoms with Crippen molar-refractivity contribution < 1.29 is 9.53 Å². The van der Waals surface area contributed by atoms with E-state index in [1.54, 1.807) is 0 Å². The molecule has 0 radical (unpaired) electrons. The number of aryl methyl sites for hydroxylation is 1. The Morgan fingerprint density at radius 1 is 0.885 bits per heavy atom. The molecule has 26 heavy (non-hydrogen) atoms. The van der Waals surface area contributed by atoms with Gasteiger partial charge in [-0.1, -0.05) is 30.3 Å². The number of amides is 1. The van der Waals surface area contributed by atoms with Crippen molar-refractivity contribution in [1.29, 1.82) is 0 Å². The molecule has 1 N–H and O–H groups in total. The van der Waals surface area contributed by atoms with Crippen LogP contribution in [0.4, 0.5) is 11.4 Å². The molecule has 0 atom stereocenters. The lowest BCUT2D eigenvalue weighted by Crippen LogP contribution is -2.18. The fourth-order valence-electron chi connectivity index (χ4n) is 2.66. The lowest BCUT2D eigenvalue weighted by Gasteiger charge is -2.17. The minimum absolute atomic E-state index is 0.137. The van der Waals surface area contributed by atoms with Gasteiger partial charge in [0.25, 0.3) is 5.91 Å². The maximum atomic E-state index is 12.6. The molecule has 1 amide bonds. The number of rotatable bonds is 5. The zero-order valence-electron chi connectivity index (χ0n) is 15.2. The predicted octanol–water partition coefficient (Wildman–Crippen LogP) is 5.11. The number of carbonyl (C=O) groups excluding carboxylic acids is 1. The fraction of sp³-hybridized carbons (Fsp3) is 0.136. The maximum absolute atomic E-state index is 12.6. The summed E-state index contributed by atoms with van der Waals surface area (Å²) in [5, 5.41) is 2.93. The van der Waals surface area contributed by atoms with Crippen LogP contribution in [0.1, 0.15) is 15.9 Å². The van der Waals surface area contributed by atoms with Crippen LogP contribution in [0, 0.1) is 6.92 Å². The van der Waals surface area contributed by atoms with E-state index in [0.717, 1.165) is 28.4 Å². The Kier molecular flexibility index (Phi) is 5.23. The largest absolute Gasteiger partial charge is 0.457 e. The van der Waals surface area contributed by atoms with Crippen LogP contribution in [0.15, 0.2) is 72.8 Å². The van der Waals surface area contributed by atoms with Gasteiger partial charge in [0.1, 0.15) is 11.5 Å². The van der Waals surface area contributed by atoms with Gasteiger partial charge in [0, 0.05) is 25.5 Å². The third-order valence-electron chi connectivity index (χ3n) is 4.06. The number of ether oxygens (including phenoxy) is 1. The van der Waals surface area contributed by atoms with Crippen molar-refractivity contribution in [3.05, 3.63) is 83.9 Å². The van der Waals surface area contributed by atoms with E-state index in [1.165, 1.54) is 0 Å². The van der Waals surface area contributed by atoms with Gasteiger partial charge in [-0.15, -0.1) is 0 Å². The van der Waals surface area contributed by atoms with Crippen molar-refractivity contribution in [1.82, 2.24) is 0 Å². The standard InChI is InChI=1S/C22H22N2O2/c1-16-8-4-7-11-21(16)26-18-14-12-17(13-15-18)23-22(25)19-9-5-6-10-20(19)24(2)3/h4-15H,1-3H3,(H,23,25). The van der Waals surface area contributed by atoms with Crippen molar-refractivity contribution in [3.8, 4) is 11.5 Å². The molecule has 0 aromatic heterocycles. The second kappa shape index (κ2) is 7.74. The Morgan fingerprint density at radius 2 is 1.54 bits per heavy atom. The molecule has 132 valence electrons. The molecule has 0 heterocycles.